The molecule has 0 amide bonds. The lowest BCUT2D eigenvalue weighted by atomic mass is 10.1. The zero-order valence-corrected chi connectivity index (χ0v) is 18.7. The van der Waals surface area contributed by atoms with Crippen LogP contribution in [-0.4, -0.2) is 43.2 Å². The molecule has 168 valence electrons. The second-order valence-corrected chi connectivity index (χ2v) is 7.64. The van der Waals surface area contributed by atoms with Crippen LogP contribution in [0.15, 0.2) is 72.8 Å². The Morgan fingerprint density at radius 1 is 0.969 bits per heavy atom. The van der Waals surface area contributed by atoms with Gasteiger partial charge >= 0.3 is 5.97 Å². The second kappa shape index (κ2) is 11.2. The van der Waals surface area contributed by atoms with E-state index in [0.717, 1.165) is 34.1 Å². The first-order valence-electron chi connectivity index (χ1n) is 10.5. The minimum atomic E-state index is -0.840. The largest absolute Gasteiger partial charge is 0.497 e. The highest BCUT2D eigenvalue weighted by atomic mass is 16.5. The fourth-order valence-corrected chi connectivity index (χ4v) is 3.36. The molecule has 0 heterocycles. The molecule has 6 nitrogen and oxygen atoms in total. The Labute approximate surface area is 189 Å². The summed E-state index contributed by atoms with van der Waals surface area (Å²) in [5.41, 5.74) is 2.00. The van der Waals surface area contributed by atoms with Crippen molar-refractivity contribution in [3.63, 3.8) is 0 Å². The van der Waals surface area contributed by atoms with E-state index in [9.17, 15) is 4.79 Å². The van der Waals surface area contributed by atoms with Crippen molar-refractivity contribution in [2.24, 2.45) is 0 Å². The van der Waals surface area contributed by atoms with Gasteiger partial charge in [-0.1, -0.05) is 30.3 Å². The lowest BCUT2D eigenvalue weighted by Gasteiger charge is -2.23. The van der Waals surface area contributed by atoms with E-state index in [-0.39, 0.29) is 12.6 Å². The molecule has 0 aliphatic heterocycles. The molecule has 0 saturated heterocycles. The van der Waals surface area contributed by atoms with Crippen LogP contribution >= 0.6 is 0 Å². The Balaban J connectivity index is 1.71. The van der Waals surface area contributed by atoms with Gasteiger partial charge < -0.3 is 19.3 Å². The Hall–Kier alpha value is -3.51. The average Bonchev–Trinajstić information content (AvgIpc) is 2.78. The maximum Gasteiger partial charge on any atom is 0.317 e. The summed E-state index contributed by atoms with van der Waals surface area (Å²) in [5, 5.41) is 9.00. The molecule has 0 saturated carbocycles. The van der Waals surface area contributed by atoms with Crippen LogP contribution in [0.3, 0.4) is 0 Å². The quantitative estimate of drug-likeness (QED) is 0.440. The lowest BCUT2D eigenvalue weighted by molar-refractivity contribution is -0.138. The number of ether oxygens (including phenoxy) is 3. The van der Waals surface area contributed by atoms with E-state index in [0.29, 0.717) is 13.0 Å². The summed E-state index contributed by atoms with van der Waals surface area (Å²) in [6.07, 6.45) is 0.469. The standard InChI is InChI=1S/C26H29NO5/c1-19-17-23(31-22-11-9-21(30-3)10-12-22)13-14-24(19)32-25(20-7-5-4-6-8-20)15-16-27(2)18-26(28)29/h4-14,17,25H,15-16,18H2,1-3H3,(H,28,29). The predicted molar refractivity (Wildman–Crippen MR) is 124 cm³/mol. The summed E-state index contributed by atoms with van der Waals surface area (Å²) in [5.74, 6) is 2.15. The number of carboxylic acid groups (broad SMARTS) is 1. The number of hydrogen-bond acceptors (Lipinski definition) is 5. The van der Waals surface area contributed by atoms with Gasteiger partial charge in [0.1, 0.15) is 29.1 Å². The number of methoxy groups -OCH3 is 1. The molecule has 0 fully saturated rings. The van der Waals surface area contributed by atoms with Crippen molar-refractivity contribution in [3.05, 3.63) is 83.9 Å². The van der Waals surface area contributed by atoms with Crippen LogP contribution in [0, 0.1) is 6.92 Å². The number of rotatable bonds is 11. The van der Waals surface area contributed by atoms with Crippen molar-refractivity contribution in [1.82, 2.24) is 4.90 Å². The van der Waals surface area contributed by atoms with Crippen LogP contribution in [0.1, 0.15) is 23.7 Å². The molecule has 0 aromatic heterocycles. The van der Waals surface area contributed by atoms with Gasteiger partial charge in [-0.05, 0) is 67.6 Å². The number of nitrogens with zero attached hydrogens (tertiary/aromatic N) is 1. The monoisotopic (exact) mass is 435 g/mol. The topological polar surface area (TPSA) is 68.2 Å². The maximum absolute atomic E-state index is 11.0. The van der Waals surface area contributed by atoms with Gasteiger partial charge in [0.15, 0.2) is 0 Å². The molecule has 6 heteroatoms. The highest BCUT2D eigenvalue weighted by Crippen LogP contribution is 2.32. The first-order valence-corrected chi connectivity index (χ1v) is 10.5. The zero-order chi connectivity index (χ0) is 22.9. The van der Waals surface area contributed by atoms with Gasteiger partial charge in [-0.25, -0.2) is 0 Å². The summed E-state index contributed by atoms with van der Waals surface area (Å²) in [4.78, 5) is 12.7. The molecule has 0 bridgehead atoms. The van der Waals surface area contributed by atoms with Crippen LogP contribution in [0.25, 0.3) is 0 Å². The summed E-state index contributed by atoms with van der Waals surface area (Å²) < 4.78 is 17.5. The van der Waals surface area contributed by atoms with Crippen molar-refractivity contribution in [2.45, 2.75) is 19.4 Å². The maximum atomic E-state index is 11.0. The number of carboxylic acids is 1. The third-order valence-corrected chi connectivity index (χ3v) is 5.06. The smallest absolute Gasteiger partial charge is 0.317 e. The Kier molecular flexibility index (Phi) is 8.11. The van der Waals surface area contributed by atoms with Gasteiger partial charge in [0, 0.05) is 13.0 Å². The van der Waals surface area contributed by atoms with E-state index in [1.54, 1.807) is 19.1 Å². The van der Waals surface area contributed by atoms with Crippen LogP contribution in [0.2, 0.25) is 0 Å². The van der Waals surface area contributed by atoms with Crippen molar-refractivity contribution in [2.75, 3.05) is 27.2 Å². The minimum absolute atomic E-state index is 0.00205. The number of benzene rings is 3. The van der Waals surface area contributed by atoms with Gasteiger partial charge in [-0.2, -0.15) is 0 Å². The summed E-state index contributed by atoms with van der Waals surface area (Å²) in [6.45, 7) is 2.58. The number of carbonyl (C=O) groups is 1. The molecule has 3 rings (SSSR count). The van der Waals surface area contributed by atoms with Crippen LogP contribution < -0.4 is 14.2 Å². The molecule has 0 radical (unpaired) electrons. The SMILES string of the molecule is COc1ccc(Oc2ccc(OC(CCN(C)CC(=O)O)c3ccccc3)c(C)c2)cc1. The first-order chi connectivity index (χ1) is 15.4. The highest BCUT2D eigenvalue weighted by molar-refractivity contribution is 5.69. The van der Waals surface area contributed by atoms with E-state index in [1.165, 1.54) is 0 Å². The highest BCUT2D eigenvalue weighted by Gasteiger charge is 2.17. The zero-order valence-electron chi connectivity index (χ0n) is 18.7. The Morgan fingerprint density at radius 2 is 1.62 bits per heavy atom. The Morgan fingerprint density at radius 3 is 2.25 bits per heavy atom. The van der Waals surface area contributed by atoms with Gasteiger partial charge in [-0.15, -0.1) is 0 Å². The molecule has 0 spiro atoms. The lowest BCUT2D eigenvalue weighted by Crippen LogP contribution is -2.28. The van der Waals surface area contributed by atoms with Crippen molar-refractivity contribution in [3.8, 4) is 23.0 Å². The number of likely N-dealkylation sites (N-methyl/N-ethyl adjacent to an activating group) is 1. The minimum Gasteiger partial charge on any atom is -0.497 e. The molecule has 1 N–H and O–H groups in total. The number of hydrogen-bond donors (Lipinski definition) is 1. The summed E-state index contributed by atoms with van der Waals surface area (Å²) >= 11 is 0. The third-order valence-electron chi connectivity index (χ3n) is 5.06. The van der Waals surface area contributed by atoms with Crippen LogP contribution in [-0.2, 0) is 4.79 Å². The summed E-state index contributed by atoms with van der Waals surface area (Å²) in [6, 6.07) is 23.1. The Bertz CT molecular complexity index is 1000. The van der Waals surface area contributed by atoms with E-state index < -0.39 is 5.97 Å². The number of aliphatic carboxylic acids is 1. The second-order valence-electron chi connectivity index (χ2n) is 7.64. The molecular weight excluding hydrogens is 406 g/mol. The molecule has 0 aliphatic rings. The summed E-state index contributed by atoms with van der Waals surface area (Å²) in [7, 11) is 3.43. The van der Waals surface area contributed by atoms with Gasteiger partial charge in [0.2, 0.25) is 0 Å². The third kappa shape index (κ3) is 6.75. The first kappa shape index (κ1) is 23.2. The van der Waals surface area contributed by atoms with E-state index in [1.807, 2.05) is 79.7 Å². The van der Waals surface area contributed by atoms with Crippen molar-refractivity contribution >= 4 is 5.97 Å². The molecular formula is C26H29NO5. The molecule has 3 aromatic rings. The van der Waals surface area contributed by atoms with Crippen LogP contribution in [0.4, 0.5) is 0 Å². The normalized spacial score (nSPS) is 11.8. The van der Waals surface area contributed by atoms with Gasteiger partial charge in [0.25, 0.3) is 0 Å². The van der Waals surface area contributed by atoms with E-state index in [2.05, 4.69) is 0 Å². The fraction of sp³-hybridized carbons (Fsp3) is 0.269. The fourth-order valence-electron chi connectivity index (χ4n) is 3.36. The molecule has 1 unspecified atom stereocenters. The van der Waals surface area contributed by atoms with Gasteiger partial charge in [-0.3, -0.25) is 9.69 Å². The van der Waals surface area contributed by atoms with Crippen LogP contribution in [0.5, 0.6) is 23.0 Å². The molecule has 3 aromatic carbocycles. The van der Waals surface area contributed by atoms with Crippen molar-refractivity contribution < 1.29 is 24.1 Å². The van der Waals surface area contributed by atoms with Gasteiger partial charge in [0.05, 0.1) is 13.7 Å². The number of aryl methyl sites for hydroxylation is 1. The predicted octanol–water partition coefficient (Wildman–Crippen LogP) is 5.32. The average molecular weight is 436 g/mol. The van der Waals surface area contributed by atoms with E-state index in [4.69, 9.17) is 19.3 Å². The molecule has 0 aliphatic carbocycles. The molecule has 32 heavy (non-hydrogen) atoms. The molecule has 1 atom stereocenters. The van der Waals surface area contributed by atoms with E-state index >= 15 is 0 Å². The van der Waals surface area contributed by atoms with Crippen molar-refractivity contribution in [1.29, 1.82) is 0 Å².